The Kier molecular flexibility index (Phi) is 3.25. The van der Waals surface area contributed by atoms with Crippen LogP contribution in [-0.4, -0.2) is 17.5 Å². The average molecular weight is 195 g/mol. The molecule has 1 aromatic carbocycles. The van der Waals surface area contributed by atoms with Gasteiger partial charge in [0.15, 0.2) is 0 Å². The normalized spacial score (nSPS) is 12.4. The quantitative estimate of drug-likeness (QED) is 0.735. The fourth-order valence-corrected chi connectivity index (χ4v) is 1.89. The van der Waals surface area contributed by atoms with Gasteiger partial charge in [0.2, 0.25) is 5.91 Å². The maximum absolute atomic E-state index is 10.9. The van der Waals surface area contributed by atoms with Crippen LogP contribution >= 0.6 is 10.5 Å². The molecule has 13 heavy (non-hydrogen) atoms. The Morgan fingerprint density at radius 2 is 2.31 bits per heavy atom. The highest BCUT2D eigenvalue weighted by molar-refractivity contribution is 8.14. The van der Waals surface area contributed by atoms with Gasteiger partial charge in [-0.1, -0.05) is 18.9 Å². The molecule has 0 fully saturated rings. The molecular formula is C10H13NOS. The number of benzene rings is 1. The van der Waals surface area contributed by atoms with Crippen LogP contribution in [0.2, 0.25) is 0 Å². The van der Waals surface area contributed by atoms with Crippen LogP contribution < -0.4 is 5.73 Å². The van der Waals surface area contributed by atoms with Gasteiger partial charge in [-0.25, -0.2) is 0 Å². The molecule has 0 saturated heterocycles. The van der Waals surface area contributed by atoms with E-state index < -0.39 is 0 Å². The molecular weight excluding hydrogens is 182 g/mol. The molecule has 3 heteroatoms. The lowest BCUT2D eigenvalue weighted by molar-refractivity contribution is 0.1000. The van der Waals surface area contributed by atoms with Crippen LogP contribution in [0.4, 0.5) is 0 Å². The molecule has 70 valence electrons. The number of rotatable bonds is 3. The summed E-state index contributed by atoms with van der Waals surface area (Å²) in [4.78, 5) is 12.0. The molecule has 1 atom stereocenters. The van der Waals surface area contributed by atoms with Crippen molar-refractivity contribution in [2.75, 3.05) is 5.75 Å². The zero-order valence-corrected chi connectivity index (χ0v) is 8.43. The van der Waals surface area contributed by atoms with Crippen molar-refractivity contribution >= 4 is 22.3 Å². The van der Waals surface area contributed by atoms with Gasteiger partial charge in [-0.3, -0.25) is 4.79 Å². The topological polar surface area (TPSA) is 43.1 Å². The van der Waals surface area contributed by atoms with Crippen molar-refractivity contribution in [1.29, 1.82) is 0 Å². The number of carbonyl (C=O) groups excluding carboxylic acids is 1. The van der Waals surface area contributed by atoms with E-state index in [0.717, 1.165) is 10.6 Å². The Hall–Kier alpha value is -1.09. The third-order valence-electron chi connectivity index (χ3n) is 1.80. The van der Waals surface area contributed by atoms with Gasteiger partial charge in [-0.2, -0.15) is 10.5 Å². The number of primary amides is 1. The van der Waals surface area contributed by atoms with Crippen molar-refractivity contribution < 1.29 is 4.79 Å². The third-order valence-corrected chi connectivity index (χ3v) is 3.42. The predicted octanol–water partition coefficient (Wildman–Crippen LogP) is 1.87. The van der Waals surface area contributed by atoms with Crippen molar-refractivity contribution in [3.05, 3.63) is 29.8 Å². The van der Waals surface area contributed by atoms with Gasteiger partial charge in [-0.15, -0.1) is 0 Å². The molecule has 0 aliphatic heterocycles. The largest absolute Gasteiger partial charge is 0.366 e. The van der Waals surface area contributed by atoms with E-state index >= 15 is 0 Å². The van der Waals surface area contributed by atoms with Gasteiger partial charge >= 0.3 is 0 Å². The summed E-state index contributed by atoms with van der Waals surface area (Å²) in [6, 6.07) is 7.36. The smallest absolute Gasteiger partial charge is 0.248 e. The third kappa shape index (κ3) is 2.42. The Labute approximate surface area is 80.7 Å². The van der Waals surface area contributed by atoms with Crippen molar-refractivity contribution in [2.45, 2.75) is 11.8 Å². The van der Waals surface area contributed by atoms with Crippen molar-refractivity contribution in [2.24, 2.45) is 5.73 Å². The van der Waals surface area contributed by atoms with Crippen LogP contribution in [0.5, 0.6) is 0 Å². The highest BCUT2D eigenvalue weighted by atomic mass is 32.2. The summed E-state index contributed by atoms with van der Waals surface area (Å²) in [6.07, 6.45) is 0. The van der Waals surface area contributed by atoms with Crippen LogP contribution in [0, 0.1) is 0 Å². The van der Waals surface area contributed by atoms with E-state index in [-0.39, 0.29) is 16.4 Å². The molecule has 0 heterocycles. The zero-order valence-electron chi connectivity index (χ0n) is 7.62. The summed E-state index contributed by atoms with van der Waals surface area (Å²) in [6.45, 7) is 2.08. The molecule has 0 aliphatic rings. The first-order chi connectivity index (χ1) is 6.15. The Morgan fingerprint density at radius 3 is 2.85 bits per heavy atom. The van der Waals surface area contributed by atoms with E-state index in [0.29, 0.717) is 5.56 Å². The maximum Gasteiger partial charge on any atom is 0.248 e. The Balaban J connectivity index is 3.05. The summed E-state index contributed by atoms with van der Waals surface area (Å²) in [5.41, 5.74) is 5.73. The molecule has 1 rings (SSSR count). The fourth-order valence-electron chi connectivity index (χ4n) is 0.996. The van der Waals surface area contributed by atoms with Gasteiger partial charge < -0.3 is 5.73 Å². The average Bonchev–Trinajstić information content (AvgIpc) is 2.17. The highest BCUT2D eigenvalue weighted by Gasteiger charge is 2.01. The second-order valence-corrected chi connectivity index (χ2v) is 4.71. The first kappa shape index (κ1) is 9.99. The number of amides is 1. The minimum absolute atomic E-state index is 0.0250. The van der Waals surface area contributed by atoms with E-state index in [4.69, 9.17) is 5.73 Å². The monoisotopic (exact) mass is 195 g/mol. The Bertz CT molecular complexity index is 347. The van der Waals surface area contributed by atoms with E-state index in [1.165, 1.54) is 0 Å². The summed E-state index contributed by atoms with van der Waals surface area (Å²) < 4.78 is 0. The number of hydrogen-bond acceptors (Lipinski definition) is 1. The molecule has 0 spiro atoms. The summed E-state index contributed by atoms with van der Waals surface area (Å²) in [5, 5.41) is 0. The molecule has 0 aromatic heterocycles. The van der Waals surface area contributed by atoms with Crippen molar-refractivity contribution in [3.63, 3.8) is 0 Å². The molecule has 0 saturated carbocycles. The highest BCUT2D eigenvalue weighted by Crippen LogP contribution is 2.24. The van der Waals surface area contributed by atoms with E-state index in [2.05, 4.69) is 12.8 Å². The summed E-state index contributed by atoms with van der Waals surface area (Å²) >= 11 is 0. The molecule has 2 N–H and O–H groups in total. The standard InChI is InChI=1S/C10H13NOS/c1-3-13(2)9-6-4-5-8(7-9)10(11)12/h4-7H,2-3H2,1H3,(H2,11,12). The lowest BCUT2D eigenvalue weighted by Gasteiger charge is -2.04. The molecule has 1 amide bonds. The van der Waals surface area contributed by atoms with Crippen molar-refractivity contribution in [1.82, 2.24) is 0 Å². The molecule has 0 aliphatic carbocycles. The molecule has 0 radical (unpaired) electrons. The minimum Gasteiger partial charge on any atom is -0.366 e. The van der Waals surface area contributed by atoms with Gasteiger partial charge in [0, 0.05) is 10.5 Å². The van der Waals surface area contributed by atoms with E-state index in [1.807, 2.05) is 18.2 Å². The lowest BCUT2D eigenvalue weighted by atomic mass is 10.2. The lowest BCUT2D eigenvalue weighted by Crippen LogP contribution is -2.10. The Morgan fingerprint density at radius 1 is 1.62 bits per heavy atom. The SMILES string of the molecule is C=S(CC)c1cccc(C(N)=O)c1. The zero-order chi connectivity index (χ0) is 9.84. The van der Waals surface area contributed by atoms with Crippen LogP contribution in [0.1, 0.15) is 17.3 Å². The van der Waals surface area contributed by atoms with Gasteiger partial charge in [0.1, 0.15) is 0 Å². The number of nitrogens with two attached hydrogens (primary N) is 1. The summed E-state index contributed by atoms with van der Waals surface area (Å²) in [7, 11) is -0.0250. The van der Waals surface area contributed by atoms with Crippen molar-refractivity contribution in [3.8, 4) is 0 Å². The maximum atomic E-state index is 10.9. The fraction of sp³-hybridized carbons (Fsp3) is 0.200. The predicted molar refractivity (Wildman–Crippen MR) is 58.5 cm³/mol. The molecule has 0 bridgehead atoms. The molecule has 2 nitrogen and oxygen atoms in total. The minimum atomic E-state index is -0.380. The van der Waals surface area contributed by atoms with Crippen LogP contribution in [0.25, 0.3) is 0 Å². The van der Waals surface area contributed by atoms with Crippen LogP contribution in [0.3, 0.4) is 0 Å². The first-order valence-corrected chi connectivity index (χ1v) is 5.62. The molecule has 1 aromatic rings. The number of carbonyl (C=O) groups is 1. The van der Waals surface area contributed by atoms with E-state index in [9.17, 15) is 4.79 Å². The van der Waals surface area contributed by atoms with E-state index in [1.54, 1.807) is 6.07 Å². The summed E-state index contributed by atoms with van der Waals surface area (Å²) in [5.74, 6) is 4.61. The van der Waals surface area contributed by atoms with Gasteiger partial charge in [0.25, 0.3) is 0 Å². The first-order valence-electron chi connectivity index (χ1n) is 4.05. The van der Waals surface area contributed by atoms with Crippen LogP contribution in [-0.2, 0) is 0 Å². The molecule has 1 unspecified atom stereocenters. The number of hydrogen-bond donors (Lipinski definition) is 1. The van der Waals surface area contributed by atoms with Gasteiger partial charge in [0.05, 0.1) is 0 Å². The van der Waals surface area contributed by atoms with Crippen LogP contribution in [0.15, 0.2) is 29.2 Å². The second kappa shape index (κ2) is 4.23. The second-order valence-electron chi connectivity index (χ2n) is 2.67. The van der Waals surface area contributed by atoms with Gasteiger partial charge in [-0.05, 0) is 24.0 Å².